The van der Waals surface area contributed by atoms with Crippen LogP contribution in [-0.4, -0.2) is 25.0 Å². The SMILES string of the molecule is O=C(NCCNC(=O)C1CC1)NCc1ccc(F)c(Cl)c1. The third-order valence-electron chi connectivity index (χ3n) is 3.10. The van der Waals surface area contributed by atoms with Crippen molar-refractivity contribution in [2.24, 2.45) is 5.92 Å². The Morgan fingerprint density at radius 3 is 2.57 bits per heavy atom. The Kier molecular flexibility index (Phi) is 5.38. The smallest absolute Gasteiger partial charge is 0.315 e. The van der Waals surface area contributed by atoms with Crippen molar-refractivity contribution in [3.05, 3.63) is 34.6 Å². The Bertz CT molecular complexity index is 535. The second-order valence-corrected chi connectivity index (χ2v) is 5.33. The summed E-state index contributed by atoms with van der Waals surface area (Å²) in [6.07, 6.45) is 1.92. The van der Waals surface area contributed by atoms with Crippen molar-refractivity contribution in [3.63, 3.8) is 0 Å². The van der Waals surface area contributed by atoms with Crippen molar-refractivity contribution in [2.75, 3.05) is 13.1 Å². The van der Waals surface area contributed by atoms with E-state index in [-0.39, 0.29) is 29.4 Å². The molecule has 1 saturated carbocycles. The Morgan fingerprint density at radius 2 is 1.90 bits per heavy atom. The predicted octanol–water partition coefficient (Wildman–Crippen LogP) is 1.80. The first-order chi connectivity index (χ1) is 10.1. The number of carbonyl (C=O) groups is 2. The third-order valence-corrected chi connectivity index (χ3v) is 3.38. The van der Waals surface area contributed by atoms with Crippen LogP contribution in [0.1, 0.15) is 18.4 Å². The maximum Gasteiger partial charge on any atom is 0.315 e. The zero-order chi connectivity index (χ0) is 15.2. The van der Waals surface area contributed by atoms with Crippen LogP contribution in [0.5, 0.6) is 0 Å². The molecule has 0 radical (unpaired) electrons. The second kappa shape index (κ2) is 7.26. The van der Waals surface area contributed by atoms with E-state index in [0.717, 1.165) is 12.8 Å². The Morgan fingerprint density at radius 1 is 1.19 bits per heavy atom. The molecule has 0 heterocycles. The van der Waals surface area contributed by atoms with E-state index < -0.39 is 5.82 Å². The van der Waals surface area contributed by atoms with Gasteiger partial charge in [-0.05, 0) is 30.5 Å². The van der Waals surface area contributed by atoms with E-state index in [1.54, 1.807) is 6.07 Å². The van der Waals surface area contributed by atoms with E-state index in [9.17, 15) is 14.0 Å². The van der Waals surface area contributed by atoms with Gasteiger partial charge in [-0.25, -0.2) is 9.18 Å². The van der Waals surface area contributed by atoms with Gasteiger partial charge in [0.25, 0.3) is 0 Å². The number of rotatable bonds is 6. The highest BCUT2D eigenvalue weighted by Crippen LogP contribution is 2.28. The maximum atomic E-state index is 13.0. The van der Waals surface area contributed by atoms with Gasteiger partial charge in [0.2, 0.25) is 5.91 Å². The number of halogens is 2. The van der Waals surface area contributed by atoms with Crippen molar-refractivity contribution < 1.29 is 14.0 Å². The fourth-order valence-electron chi connectivity index (χ4n) is 1.75. The lowest BCUT2D eigenvalue weighted by Gasteiger charge is -2.09. The Balaban J connectivity index is 1.60. The van der Waals surface area contributed by atoms with Crippen LogP contribution < -0.4 is 16.0 Å². The van der Waals surface area contributed by atoms with Gasteiger partial charge >= 0.3 is 6.03 Å². The fraction of sp³-hybridized carbons (Fsp3) is 0.429. The number of carbonyl (C=O) groups excluding carboxylic acids is 2. The van der Waals surface area contributed by atoms with Crippen LogP contribution >= 0.6 is 11.6 Å². The summed E-state index contributed by atoms with van der Waals surface area (Å²) in [5.74, 6) is -0.267. The van der Waals surface area contributed by atoms with Gasteiger partial charge in [-0.1, -0.05) is 17.7 Å². The average Bonchev–Trinajstić information content (AvgIpc) is 3.29. The Labute approximate surface area is 127 Å². The highest BCUT2D eigenvalue weighted by atomic mass is 35.5. The minimum Gasteiger partial charge on any atom is -0.354 e. The minimum absolute atomic E-state index is 0.0255. The van der Waals surface area contributed by atoms with Gasteiger partial charge in [-0.2, -0.15) is 0 Å². The summed E-state index contributed by atoms with van der Waals surface area (Å²) in [5.41, 5.74) is 0.707. The molecule has 0 spiro atoms. The van der Waals surface area contributed by atoms with Crippen molar-refractivity contribution >= 4 is 23.5 Å². The summed E-state index contributed by atoms with van der Waals surface area (Å²) in [4.78, 5) is 22.9. The normalized spacial score (nSPS) is 13.6. The molecule has 114 valence electrons. The van der Waals surface area contributed by atoms with Crippen LogP contribution in [0, 0.1) is 11.7 Å². The lowest BCUT2D eigenvalue weighted by molar-refractivity contribution is -0.122. The summed E-state index contributed by atoms with van der Waals surface area (Å²) in [6.45, 7) is 1.01. The summed E-state index contributed by atoms with van der Waals surface area (Å²) < 4.78 is 13.0. The van der Waals surface area contributed by atoms with Gasteiger partial charge in [-0.15, -0.1) is 0 Å². The number of hydrogen-bond donors (Lipinski definition) is 3. The number of benzene rings is 1. The van der Waals surface area contributed by atoms with Crippen molar-refractivity contribution in [1.82, 2.24) is 16.0 Å². The molecular weight excluding hydrogens is 297 g/mol. The van der Waals surface area contributed by atoms with Crippen LogP contribution in [0.25, 0.3) is 0 Å². The Hall–Kier alpha value is -1.82. The van der Waals surface area contributed by atoms with Gasteiger partial charge < -0.3 is 16.0 Å². The molecule has 1 aromatic rings. The molecule has 3 N–H and O–H groups in total. The number of urea groups is 1. The first-order valence-electron chi connectivity index (χ1n) is 6.79. The third kappa shape index (κ3) is 5.23. The minimum atomic E-state index is -0.490. The summed E-state index contributed by atoms with van der Waals surface area (Å²) in [7, 11) is 0. The molecule has 0 aromatic heterocycles. The first kappa shape index (κ1) is 15.6. The molecular formula is C14H17ClFN3O2. The highest BCUT2D eigenvalue weighted by Gasteiger charge is 2.28. The van der Waals surface area contributed by atoms with Crippen LogP contribution in [0.15, 0.2) is 18.2 Å². The zero-order valence-electron chi connectivity index (χ0n) is 11.4. The van der Waals surface area contributed by atoms with E-state index >= 15 is 0 Å². The lowest BCUT2D eigenvalue weighted by atomic mass is 10.2. The monoisotopic (exact) mass is 313 g/mol. The van der Waals surface area contributed by atoms with Crippen molar-refractivity contribution in [2.45, 2.75) is 19.4 Å². The van der Waals surface area contributed by atoms with E-state index in [0.29, 0.717) is 18.7 Å². The standard InChI is InChI=1S/C14H17ClFN3O2/c15-11-7-9(1-4-12(11)16)8-19-14(21)18-6-5-17-13(20)10-2-3-10/h1,4,7,10H,2-3,5-6,8H2,(H,17,20)(H2,18,19,21). The molecule has 5 nitrogen and oxygen atoms in total. The van der Waals surface area contributed by atoms with Crippen LogP contribution in [0.4, 0.5) is 9.18 Å². The molecule has 1 fully saturated rings. The van der Waals surface area contributed by atoms with Gasteiger partial charge in [-0.3, -0.25) is 4.79 Å². The van der Waals surface area contributed by atoms with E-state index in [4.69, 9.17) is 11.6 Å². The molecule has 21 heavy (non-hydrogen) atoms. The zero-order valence-corrected chi connectivity index (χ0v) is 12.2. The largest absolute Gasteiger partial charge is 0.354 e. The number of nitrogens with one attached hydrogen (secondary N) is 3. The topological polar surface area (TPSA) is 70.2 Å². The van der Waals surface area contributed by atoms with Crippen molar-refractivity contribution in [3.8, 4) is 0 Å². The van der Waals surface area contributed by atoms with Crippen LogP contribution in [0.3, 0.4) is 0 Å². The molecule has 0 atom stereocenters. The maximum absolute atomic E-state index is 13.0. The molecule has 0 aliphatic heterocycles. The van der Waals surface area contributed by atoms with Gasteiger partial charge in [0.05, 0.1) is 5.02 Å². The summed E-state index contributed by atoms with van der Waals surface area (Å²) in [5, 5.41) is 8.02. The van der Waals surface area contributed by atoms with Crippen molar-refractivity contribution in [1.29, 1.82) is 0 Å². The predicted molar refractivity (Wildman–Crippen MR) is 77.4 cm³/mol. The van der Waals surface area contributed by atoms with E-state index in [1.165, 1.54) is 12.1 Å². The molecule has 7 heteroatoms. The first-order valence-corrected chi connectivity index (χ1v) is 7.17. The summed E-state index contributed by atoms with van der Waals surface area (Å²) in [6, 6.07) is 3.92. The molecule has 3 amide bonds. The number of hydrogen-bond acceptors (Lipinski definition) is 2. The summed E-state index contributed by atoms with van der Waals surface area (Å²) >= 11 is 5.65. The van der Waals surface area contributed by atoms with Crippen LogP contribution in [0.2, 0.25) is 5.02 Å². The highest BCUT2D eigenvalue weighted by molar-refractivity contribution is 6.30. The number of amides is 3. The average molecular weight is 314 g/mol. The molecule has 2 rings (SSSR count). The molecule has 1 aliphatic rings. The molecule has 1 aliphatic carbocycles. The molecule has 1 aromatic carbocycles. The lowest BCUT2D eigenvalue weighted by Crippen LogP contribution is -2.40. The van der Waals surface area contributed by atoms with Crippen LogP contribution in [-0.2, 0) is 11.3 Å². The van der Waals surface area contributed by atoms with Gasteiger partial charge in [0, 0.05) is 25.6 Å². The van der Waals surface area contributed by atoms with Gasteiger partial charge in [0.15, 0.2) is 0 Å². The van der Waals surface area contributed by atoms with E-state index in [1.807, 2.05) is 0 Å². The van der Waals surface area contributed by atoms with Gasteiger partial charge in [0.1, 0.15) is 5.82 Å². The molecule has 0 bridgehead atoms. The quantitative estimate of drug-likeness (QED) is 0.701. The second-order valence-electron chi connectivity index (χ2n) is 4.92. The van der Waals surface area contributed by atoms with E-state index in [2.05, 4.69) is 16.0 Å². The molecule has 0 unspecified atom stereocenters. The molecule has 0 saturated heterocycles. The fourth-order valence-corrected chi connectivity index (χ4v) is 1.95.